The van der Waals surface area contributed by atoms with E-state index in [1.165, 1.54) is 0 Å². The first-order chi connectivity index (χ1) is 23.6. The summed E-state index contributed by atoms with van der Waals surface area (Å²) in [5.41, 5.74) is 0.887. The zero-order valence-corrected chi connectivity index (χ0v) is 30.0. The van der Waals surface area contributed by atoms with Crippen LogP contribution in [0.5, 0.6) is 0 Å². The van der Waals surface area contributed by atoms with Gasteiger partial charge in [0.1, 0.15) is 18.3 Å². The van der Waals surface area contributed by atoms with Crippen LogP contribution in [0.25, 0.3) is 0 Å². The molecule has 0 radical (unpaired) electrons. The van der Waals surface area contributed by atoms with E-state index >= 15 is 0 Å². The van der Waals surface area contributed by atoms with Crippen molar-refractivity contribution in [3.05, 3.63) is 48.0 Å². The summed E-state index contributed by atoms with van der Waals surface area (Å²) in [6.45, 7) is 3.94. The number of hydrogen-bond donors (Lipinski definition) is 3. The number of esters is 2. The molecule has 272 valence electrons. The first-order valence-corrected chi connectivity index (χ1v) is 18.9. The van der Waals surface area contributed by atoms with E-state index in [0.29, 0.717) is 18.1 Å². The Morgan fingerprint density at radius 2 is 1.80 bits per heavy atom. The van der Waals surface area contributed by atoms with Gasteiger partial charge in [-0.15, -0.1) is 0 Å². The van der Waals surface area contributed by atoms with Gasteiger partial charge in [-0.2, -0.15) is 11.8 Å². The molecule has 0 spiro atoms. The smallest absolute Gasteiger partial charge is 0.315 e. The van der Waals surface area contributed by atoms with Crippen molar-refractivity contribution >= 4 is 29.7 Å². The van der Waals surface area contributed by atoms with E-state index in [4.69, 9.17) is 23.7 Å². The Hall–Kier alpha value is -2.64. The van der Waals surface area contributed by atoms with Crippen molar-refractivity contribution in [1.82, 2.24) is 10.6 Å². The molecule has 4 heterocycles. The topological polar surface area (TPSA) is 142 Å². The SMILES string of the molecule is COC1/C=C/C(C)C2OC(O)(CC(=O)OC(c3ccccc3)CCCCC1OC)CC(OC(=O)CCCC[C@@H]1SC[C@@H]3NC(=O)N[C@@H]31)C2C. The molecule has 0 aliphatic carbocycles. The fourth-order valence-electron chi connectivity index (χ4n) is 7.68. The standard InChI is InChI=1S/C37H54N2O9S/c1-23-18-19-29(45-4)28(44-3)15-9-8-14-27(25-12-6-5-7-13-25)46-33(41)21-37(43)20-30(24(2)35(23)48-37)47-32(40)17-11-10-16-31-34-26(22-49-31)38-36(42)39-34/h5-7,12-13,18-19,23-24,26-31,34-35,43H,8-11,14-17,20-22H2,1-4H3,(H2,38,39,42)/b19-18+/t23?,24?,26-,27?,28?,29?,30?,31-,34-,35?,37?/m0/s1. The van der Waals surface area contributed by atoms with Gasteiger partial charge in [-0.3, -0.25) is 9.59 Å². The van der Waals surface area contributed by atoms with Crippen molar-refractivity contribution in [2.75, 3.05) is 20.0 Å². The number of hydrogen-bond acceptors (Lipinski definition) is 10. The molecule has 2 bridgehead atoms. The quantitative estimate of drug-likeness (QED) is 0.136. The minimum absolute atomic E-state index is 0.0428. The molecule has 11 nitrogen and oxygen atoms in total. The highest BCUT2D eigenvalue weighted by Gasteiger charge is 2.49. The molecule has 4 aliphatic heterocycles. The Labute approximate surface area is 294 Å². The highest BCUT2D eigenvalue weighted by atomic mass is 32.2. The Bertz CT molecular complexity index is 1280. The Balaban J connectivity index is 1.27. The lowest BCUT2D eigenvalue weighted by molar-refractivity contribution is -0.297. The van der Waals surface area contributed by atoms with Gasteiger partial charge in [-0.05, 0) is 37.7 Å². The molecule has 2 amide bonds. The van der Waals surface area contributed by atoms with Gasteiger partial charge in [0.25, 0.3) is 0 Å². The number of thioether (sulfide) groups is 1. The maximum atomic E-state index is 13.5. The number of benzene rings is 1. The van der Waals surface area contributed by atoms with E-state index in [-0.39, 0.29) is 67.4 Å². The second-order valence-electron chi connectivity index (χ2n) is 14.1. The van der Waals surface area contributed by atoms with Gasteiger partial charge in [0, 0.05) is 49.9 Å². The maximum absolute atomic E-state index is 13.5. The lowest BCUT2D eigenvalue weighted by atomic mass is 9.81. The highest BCUT2D eigenvalue weighted by molar-refractivity contribution is 8.00. The molecule has 3 saturated heterocycles. The van der Waals surface area contributed by atoms with Crippen LogP contribution in [-0.4, -0.2) is 90.6 Å². The van der Waals surface area contributed by atoms with Crippen LogP contribution in [0.2, 0.25) is 0 Å². The number of amides is 2. The fraction of sp³-hybridized carbons (Fsp3) is 0.703. The third-order valence-electron chi connectivity index (χ3n) is 10.5. The van der Waals surface area contributed by atoms with Gasteiger partial charge < -0.3 is 39.4 Å². The number of ether oxygens (including phenoxy) is 5. The molecule has 1 aromatic rings. The van der Waals surface area contributed by atoms with Crippen molar-refractivity contribution in [3.8, 4) is 0 Å². The molecule has 4 aliphatic rings. The lowest BCUT2D eigenvalue weighted by Crippen LogP contribution is -2.54. The Morgan fingerprint density at radius 1 is 1.02 bits per heavy atom. The molecular weight excluding hydrogens is 648 g/mol. The fourth-order valence-corrected chi connectivity index (χ4v) is 9.23. The normalized spacial score (nSPS) is 37.7. The van der Waals surface area contributed by atoms with Gasteiger partial charge in [0.05, 0.1) is 30.7 Å². The summed E-state index contributed by atoms with van der Waals surface area (Å²) in [5.74, 6) is -2.37. The third kappa shape index (κ3) is 10.00. The Morgan fingerprint density at radius 3 is 2.55 bits per heavy atom. The molecule has 1 aromatic carbocycles. The van der Waals surface area contributed by atoms with Crippen LogP contribution in [0.15, 0.2) is 42.5 Å². The molecule has 3 N–H and O–H groups in total. The van der Waals surface area contributed by atoms with Crippen LogP contribution in [0.4, 0.5) is 4.79 Å². The second kappa shape index (κ2) is 17.5. The van der Waals surface area contributed by atoms with Crippen molar-refractivity contribution in [1.29, 1.82) is 0 Å². The number of methoxy groups -OCH3 is 2. The zero-order chi connectivity index (χ0) is 35.0. The van der Waals surface area contributed by atoms with Crippen LogP contribution in [-0.2, 0) is 33.3 Å². The Kier molecular flexibility index (Phi) is 13.5. The van der Waals surface area contributed by atoms with Crippen molar-refractivity contribution in [3.63, 3.8) is 0 Å². The summed E-state index contributed by atoms with van der Waals surface area (Å²) >= 11 is 1.86. The number of unbranched alkanes of at least 4 members (excludes halogenated alkanes) is 1. The van der Waals surface area contributed by atoms with E-state index in [1.807, 2.05) is 68.1 Å². The monoisotopic (exact) mass is 702 g/mol. The number of nitrogens with one attached hydrogen (secondary N) is 2. The number of urea groups is 1. The van der Waals surface area contributed by atoms with Gasteiger partial charge in [0.2, 0.25) is 0 Å². The van der Waals surface area contributed by atoms with E-state index in [9.17, 15) is 19.5 Å². The van der Waals surface area contributed by atoms with Gasteiger partial charge in [-0.25, -0.2) is 4.79 Å². The average Bonchev–Trinajstić information content (AvgIpc) is 3.63. The molecule has 3 fully saturated rings. The lowest BCUT2D eigenvalue weighted by Gasteiger charge is -2.46. The zero-order valence-electron chi connectivity index (χ0n) is 29.2. The number of carbonyl (C=O) groups is 3. The first kappa shape index (κ1) is 37.6. The van der Waals surface area contributed by atoms with E-state index in [1.54, 1.807) is 14.2 Å². The van der Waals surface area contributed by atoms with Crippen molar-refractivity contribution in [2.24, 2.45) is 11.8 Å². The van der Waals surface area contributed by atoms with Gasteiger partial charge in [-0.1, -0.05) is 69.2 Å². The number of cyclic esters (lactones) is 1. The summed E-state index contributed by atoms with van der Waals surface area (Å²) < 4.78 is 30.0. The summed E-state index contributed by atoms with van der Waals surface area (Å²) in [7, 11) is 3.34. The molecular formula is C37H54N2O9S. The van der Waals surface area contributed by atoms with Crippen LogP contribution in [0, 0.1) is 11.8 Å². The van der Waals surface area contributed by atoms with Crippen LogP contribution < -0.4 is 10.6 Å². The minimum Gasteiger partial charge on any atom is -0.462 e. The molecule has 12 heteroatoms. The molecule has 11 atom stereocenters. The largest absolute Gasteiger partial charge is 0.462 e. The molecule has 0 aromatic heterocycles. The minimum atomic E-state index is -1.88. The summed E-state index contributed by atoms with van der Waals surface area (Å²) in [5, 5.41) is 18.1. The molecule has 8 unspecified atom stereocenters. The third-order valence-corrected chi connectivity index (χ3v) is 12.0. The predicted molar refractivity (Wildman–Crippen MR) is 186 cm³/mol. The van der Waals surface area contributed by atoms with E-state index in [2.05, 4.69) is 10.6 Å². The van der Waals surface area contributed by atoms with Crippen LogP contribution >= 0.6 is 11.8 Å². The van der Waals surface area contributed by atoms with Crippen molar-refractivity contribution in [2.45, 2.75) is 132 Å². The average molecular weight is 703 g/mol. The molecule has 0 saturated carbocycles. The van der Waals surface area contributed by atoms with Gasteiger partial charge in [0.15, 0.2) is 5.79 Å². The maximum Gasteiger partial charge on any atom is 0.315 e. The van der Waals surface area contributed by atoms with Crippen LogP contribution in [0.3, 0.4) is 0 Å². The van der Waals surface area contributed by atoms with Crippen LogP contribution in [0.1, 0.15) is 89.7 Å². The second-order valence-corrected chi connectivity index (χ2v) is 15.3. The van der Waals surface area contributed by atoms with Crippen molar-refractivity contribution < 1.29 is 43.2 Å². The molecule has 5 rings (SSSR count). The predicted octanol–water partition coefficient (Wildman–Crippen LogP) is 5.21. The molecule has 49 heavy (non-hydrogen) atoms. The summed E-state index contributed by atoms with van der Waals surface area (Å²) in [6, 6.07) is 9.83. The van der Waals surface area contributed by atoms with E-state index in [0.717, 1.165) is 43.4 Å². The van der Waals surface area contributed by atoms with E-state index < -0.39 is 30.1 Å². The number of fused-ring (bicyclic) bond motifs is 3. The van der Waals surface area contributed by atoms with Gasteiger partial charge >= 0.3 is 18.0 Å². The summed E-state index contributed by atoms with van der Waals surface area (Å²) in [4.78, 5) is 38.3. The number of rotatable bonds is 9. The number of aliphatic hydroxyl groups is 1. The number of carbonyl (C=O) groups excluding carboxylic acids is 3. The summed E-state index contributed by atoms with van der Waals surface area (Å²) in [6.07, 6.45) is 7.07. The highest BCUT2D eigenvalue weighted by Crippen LogP contribution is 2.40. The first-order valence-electron chi connectivity index (χ1n) is 17.9.